The number of amides is 1. The van der Waals surface area contributed by atoms with Crippen molar-refractivity contribution >= 4 is 23.3 Å². The smallest absolute Gasteiger partial charge is 0.410 e. The van der Waals surface area contributed by atoms with E-state index in [-0.39, 0.29) is 43.2 Å². The Morgan fingerprint density at radius 2 is 1.86 bits per heavy atom. The fraction of sp³-hybridized carbons (Fsp3) is 0.500. The number of pyridine rings is 1. The lowest BCUT2D eigenvalue weighted by atomic mass is 10.1. The van der Waals surface area contributed by atoms with Crippen molar-refractivity contribution in [3.05, 3.63) is 52.0 Å². The highest BCUT2D eigenvalue weighted by Gasteiger charge is 2.46. The number of methoxy groups -OCH3 is 1. The van der Waals surface area contributed by atoms with E-state index in [2.05, 4.69) is 10.3 Å². The van der Waals surface area contributed by atoms with Crippen LogP contribution in [-0.4, -0.2) is 58.8 Å². The molecule has 11 heteroatoms. The molecule has 188 valence electrons. The monoisotopic (exact) mass is 487 g/mol. The van der Waals surface area contributed by atoms with Gasteiger partial charge < -0.3 is 19.7 Å². The highest BCUT2D eigenvalue weighted by Crippen LogP contribution is 2.41. The first kappa shape index (κ1) is 24.5. The number of fused-ring (bicyclic) bond motifs is 2. The van der Waals surface area contributed by atoms with E-state index in [4.69, 9.17) is 9.47 Å². The summed E-state index contributed by atoms with van der Waals surface area (Å²) in [6.45, 7) is 6.23. The number of rotatable bonds is 6. The predicted octanol–water partition coefficient (Wildman–Crippen LogP) is 4.34. The maximum Gasteiger partial charge on any atom is 0.410 e. The minimum Gasteiger partial charge on any atom is -0.497 e. The standard InChI is InChI=1S/C24H30FN5O5/c1-24(2,3)35-23(31)29-16-7-8-17(29)14-28(13-16)20-19(25)12-27-22(21(20)30(32)33)26-11-15-5-9-18(34-4)10-6-15/h5-6,9-10,12,16-17H,7-8,11,13-14H2,1-4H3,(H,26,27). The fourth-order valence-electron chi connectivity index (χ4n) is 4.70. The van der Waals surface area contributed by atoms with Crippen LogP contribution in [0, 0.1) is 15.9 Å². The number of halogens is 1. The average molecular weight is 488 g/mol. The Bertz CT molecular complexity index is 1090. The van der Waals surface area contributed by atoms with E-state index in [0.29, 0.717) is 5.75 Å². The predicted molar refractivity (Wildman–Crippen MR) is 128 cm³/mol. The topological polar surface area (TPSA) is 110 Å². The van der Waals surface area contributed by atoms with Crippen molar-refractivity contribution in [1.29, 1.82) is 0 Å². The highest BCUT2D eigenvalue weighted by molar-refractivity contribution is 5.76. The average Bonchev–Trinajstić information content (AvgIpc) is 3.07. The van der Waals surface area contributed by atoms with Crippen molar-refractivity contribution < 1.29 is 23.6 Å². The number of nitrogens with zero attached hydrogens (tertiary/aromatic N) is 4. The maximum absolute atomic E-state index is 15.0. The van der Waals surface area contributed by atoms with Crippen molar-refractivity contribution in [2.75, 3.05) is 30.4 Å². The molecule has 2 bridgehead atoms. The van der Waals surface area contributed by atoms with Crippen LogP contribution in [0.2, 0.25) is 0 Å². The van der Waals surface area contributed by atoms with Crippen LogP contribution < -0.4 is 15.0 Å². The van der Waals surface area contributed by atoms with E-state index in [1.54, 1.807) is 49.8 Å². The fourth-order valence-corrected chi connectivity index (χ4v) is 4.70. The summed E-state index contributed by atoms with van der Waals surface area (Å²) in [6.07, 6.45) is 2.05. The van der Waals surface area contributed by atoms with Gasteiger partial charge in [0.2, 0.25) is 5.82 Å². The molecule has 2 saturated heterocycles. The van der Waals surface area contributed by atoms with Crippen molar-refractivity contribution in [2.45, 2.75) is 57.8 Å². The van der Waals surface area contributed by atoms with Gasteiger partial charge in [-0.2, -0.15) is 0 Å². The number of carbonyl (C=O) groups excluding carboxylic acids is 1. The zero-order valence-electron chi connectivity index (χ0n) is 20.3. The summed E-state index contributed by atoms with van der Waals surface area (Å²) in [5.74, 6) is -0.0805. The molecular weight excluding hydrogens is 457 g/mol. The van der Waals surface area contributed by atoms with Gasteiger partial charge in [0.1, 0.15) is 11.4 Å². The molecule has 2 aliphatic heterocycles. The van der Waals surface area contributed by atoms with Crippen LogP contribution in [0.3, 0.4) is 0 Å². The zero-order chi connectivity index (χ0) is 25.3. The molecule has 1 aromatic carbocycles. The first-order valence-electron chi connectivity index (χ1n) is 11.5. The number of carbonyl (C=O) groups is 1. The van der Waals surface area contributed by atoms with E-state index in [9.17, 15) is 14.9 Å². The van der Waals surface area contributed by atoms with Crippen LogP contribution in [0.1, 0.15) is 39.2 Å². The molecule has 2 fully saturated rings. The Kier molecular flexibility index (Phi) is 6.68. The molecule has 1 aromatic heterocycles. The van der Waals surface area contributed by atoms with Gasteiger partial charge in [0.15, 0.2) is 11.5 Å². The van der Waals surface area contributed by atoms with Crippen molar-refractivity contribution in [3.63, 3.8) is 0 Å². The van der Waals surface area contributed by atoms with Crippen LogP contribution in [0.4, 0.5) is 26.4 Å². The highest BCUT2D eigenvalue weighted by atomic mass is 19.1. The quantitative estimate of drug-likeness (QED) is 0.473. The Morgan fingerprint density at radius 3 is 2.40 bits per heavy atom. The molecule has 2 unspecified atom stereocenters. The van der Waals surface area contributed by atoms with Crippen LogP contribution in [0.25, 0.3) is 0 Å². The Hall–Kier alpha value is -3.63. The van der Waals surface area contributed by atoms with Crippen molar-refractivity contribution in [1.82, 2.24) is 9.88 Å². The minimum absolute atomic E-state index is 0.0101. The van der Waals surface area contributed by atoms with Gasteiger partial charge in [0, 0.05) is 19.6 Å². The number of ether oxygens (including phenoxy) is 2. The summed E-state index contributed by atoms with van der Waals surface area (Å²) in [4.78, 5) is 31.6. The van der Waals surface area contributed by atoms with E-state index < -0.39 is 28.1 Å². The van der Waals surface area contributed by atoms with Gasteiger partial charge in [0.05, 0.1) is 30.3 Å². The summed E-state index contributed by atoms with van der Waals surface area (Å²) in [6, 6.07) is 6.80. The van der Waals surface area contributed by atoms with E-state index >= 15 is 4.39 Å². The first-order chi connectivity index (χ1) is 16.6. The summed E-state index contributed by atoms with van der Waals surface area (Å²) in [7, 11) is 1.57. The van der Waals surface area contributed by atoms with Crippen LogP contribution in [0.5, 0.6) is 5.75 Å². The van der Waals surface area contributed by atoms with Gasteiger partial charge in [0.25, 0.3) is 0 Å². The Balaban J connectivity index is 1.57. The Labute approximate surface area is 203 Å². The number of nitrogens with one attached hydrogen (secondary N) is 1. The lowest BCUT2D eigenvalue weighted by molar-refractivity contribution is -0.383. The second-order valence-electron chi connectivity index (χ2n) is 9.79. The number of nitro groups is 1. The molecule has 0 aliphatic carbocycles. The molecule has 4 rings (SSSR count). The maximum atomic E-state index is 15.0. The van der Waals surface area contributed by atoms with Crippen LogP contribution in [0.15, 0.2) is 30.5 Å². The SMILES string of the molecule is COc1ccc(CNc2ncc(F)c(N3CC4CCC(C3)N4C(=O)OC(C)(C)C)c2[N+](=O)[O-])cc1. The lowest BCUT2D eigenvalue weighted by Crippen LogP contribution is -2.57. The number of benzene rings is 1. The van der Waals surface area contributed by atoms with Gasteiger partial charge in [-0.1, -0.05) is 12.1 Å². The molecule has 0 radical (unpaired) electrons. The van der Waals surface area contributed by atoms with Crippen molar-refractivity contribution in [2.24, 2.45) is 0 Å². The van der Waals surface area contributed by atoms with Gasteiger partial charge in [-0.05, 0) is 51.3 Å². The van der Waals surface area contributed by atoms with Gasteiger partial charge in [-0.3, -0.25) is 15.0 Å². The second kappa shape index (κ2) is 9.55. The number of hydrogen-bond donors (Lipinski definition) is 1. The third-order valence-electron chi connectivity index (χ3n) is 6.19. The molecule has 35 heavy (non-hydrogen) atoms. The molecule has 2 aliphatic rings. The number of piperazine rings is 1. The molecule has 2 aromatic rings. The van der Waals surface area contributed by atoms with Gasteiger partial charge >= 0.3 is 11.8 Å². The molecule has 0 saturated carbocycles. The summed E-state index contributed by atoms with van der Waals surface area (Å²) in [5.41, 5.74) is -0.294. The third kappa shape index (κ3) is 5.23. The van der Waals surface area contributed by atoms with E-state index in [1.807, 2.05) is 12.1 Å². The Morgan fingerprint density at radius 1 is 1.23 bits per heavy atom. The summed E-state index contributed by atoms with van der Waals surface area (Å²) < 4.78 is 25.7. The van der Waals surface area contributed by atoms with Crippen LogP contribution >= 0.6 is 0 Å². The largest absolute Gasteiger partial charge is 0.497 e. The molecule has 10 nitrogen and oxygen atoms in total. The first-order valence-corrected chi connectivity index (χ1v) is 11.5. The number of aromatic nitrogens is 1. The second-order valence-corrected chi connectivity index (χ2v) is 9.79. The molecule has 1 amide bonds. The summed E-state index contributed by atoms with van der Waals surface area (Å²) >= 11 is 0. The van der Waals surface area contributed by atoms with E-state index in [1.165, 1.54) is 0 Å². The molecule has 0 spiro atoms. The number of anilines is 2. The zero-order valence-corrected chi connectivity index (χ0v) is 20.3. The summed E-state index contributed by atoms with van der Waals surface area (Å²) in [5, 5.41) is 15.0. The van der Waals surface area contributed by atoms with Gasteiger partial charge in [-0.25, -0.2) is 14.2 Å². The van der Waals surface area contributed by atoms with Crippen LogP contribution in [-0.2, 0) is 11.3 Å². The molecule has 3 heterocycles. The molecule has 2 atom stereocenters. The third-order valence-corrected chi connectivity index (χ3v) is 6.19. The molecular formula is C24H30FN5O5. The van der Waals surface area contributed by atoms with Gasteiger partial charge in [-0.15, -0.1) is 0 Å². The molecule has 1 N–H and O–H groups in total. The normalized spacial score (nSPS) is 19.5. The van der Waals surface area contributed by atoms with E-state index in [0.717, 1.165) is 24.6 Å². The van der Waals surface area contributed by atoms with Crippen molar-refractivity contribution in [3.8, 4) is 5.75 Å². The lowest BCUT2D eigenvalue weighted by Gasteiger charge is -2.42. The minimum atomic E-state index is -0.767. The number of hydrogen-bond acceptors (Lipinski definition) is 8.